The van der Waals surface area contributed by atoms with E-state index in [1.807, 2.05) is 0 Å². The van der Waals surface area contributed by atoms with Crippen molar-refractivity contribution in [2.75, 3.05) is 6.54 Å². The average Bonchev–Trinajstić information content (AvgIpc) is 2.54. The summed E-state index contributed by atoms with van der Waals surface area (Å²) in [6.07, 6.45) is 6.11. The lowest BCUT2D eigenvalue weighted by Crippen LogP contribution is -2.26. The first-order chi connectivity index (χ1) is 5.86. The molecule has 2 heterocycles. The predicted octanol–water partition coefficient (Wildman–Crippen LogP) is 2.14. The second-order valence-corrected chi connectivity index (χ2v) is 3.62. The minimum Gasteiger partial charge on any atom is -0.365 e. The van der Waals surface area contributed by atoms with Crippen molar-refractivity contribution in [3.05, 3.63) is 23.5 Å². The summed E-state index contributed by atoms with van der Waals surface area (Å²) >= 11 is 0. The fourth-order valence-electron chi connectivity index (χ4n) is 1.87. The van der Waals surface area contributed by atoms with Gasteiger partial charge in [0.25, 0.3) is 0 Å². The Kier molecular flexibility index (Phi) is 2.17. The first-order valence-corrected chi connectivity index (χ1v) is 4.74. The molecule has 1 saturated heterocycles. The fraction of sp³-hybridized carbons (Fsp3) is 0.600. The normalized spacial score (nSPS) is 24.2. The molecule has 2 rings (SSSR count). The smallest absolute Gasteiger partial charge is 0.0335 e. The van der Waals surface area contributed by atoms with Crippen molar-refractivity contribution < 1.29 is 0 Å². The van der Waals surface area contributed by atoms with E-state index in [4.69, 9.17) is 0 Å². The minimum absolute atomic E-state index is 0.601. The molecule has 1 aliphatic rings. The molecule has 2 nitrogen and oxygen atoms in total. The lowest BCUT2D eigenvalue weighted by atomic mass is 10.00. The van der Waals surface area contributed by atoms with Crippen LogP contribution in [0.25, 0.3) is 0 Å². The molecule has 0 amide bonds. The zero-order valence-corrected chi connectivity index (χ0v) is 7.56. The van der Waals surface area contributed by atoms with Crippen molar-refractivity contribution in [1.82, 2.24) is 10.3 Å². The Morgan fingerprint density at radius 1 is 1.42 bits per heavy atom. The van der Waals surface area contributed by atoms with E-state index in [1.165, 1.54) is 37.1 Å². The van der Waals surface area contributed by atoms with E-state index in [1.54, 1.807) is 0 Å². The van der Waals surface area contributed by atoms with Gasteiger partial charge in [0.1, 0.15) is 0 Å². The molecule has 0 aliphatic carbocycles. The van der Waals surface area contributed by atoms with Crippen LogP contribution in [0, 0.1) is 6.92 Å². The third kappa shape index (κ3) is 1.53. The molecule has 1 fully saturated rings. The van der Waals surface area contributed by atoms with Crippen LogP contribution in [0.4, 0.5) is 0 Å². The number of piperidine rings is 1. The van der Waals surface area contributed by atoms with Crippen LogP contribution in [0.15, 0.2) is 12.3 Å². The molecule has 1 aliphatic heterocycles. The van der Waals surface area contributed by atoms with E-state index >= 15 is 0 Å². The van der Waals surface area contributed by atoms with Crippen molar-refractivity contribution in [2.45, 2.75) is 32.2 Å². The lowest BCUT2D eigenvalue weighted by molar-refractivity contribution is 0.412. The summed E-state index contributed by atoms with van der Waals surface area (Å²) in [5.41, 5.74) is 2.68. The lowest BCUT2D eigenvalue weighted by Gasteiger charge is -2.22. The van der Waals surface area contributed by atoms with E-state index in [-0.39, 0.29) is 0 Å². The summed E-state index contributed by atoms with van der Waals surface area (Å²) in [6, 6.07) is 2.84. The van der Waals surface area contributed by atoms with Crippen LogP contribution in [0.3, 0.4) is 0 Å². The van der Waals surface area contributed by atoms with E-state index in [0.717, 1.165) is 0 Å². The second kappa shape index (κ2) is 3.31. The van der Waals surface area contributed by atoms with Crippen LogP contribution in [0.2, 0.25) is 0 Å². The summed E-state index contributed by atoms with van der Waals surface area (Å²) in [6.45, 7) is 3.28. The molecule has 0 spiro atoms. The summed E-state index contributed by atoms with van der Waals surface area (Å²) in [7, 11) is 0. The molecule has 0 radical (unpaired) electrons. The Morgan fingerprint density at radius 3 is 2.92 bits per heavy atom. The predicted molar refractivity (Wildman–Crippen MR) is 50.1 cm³/mol. The van der Waals surface area contributed by atoms with Crippen LogP contribution in [0.1, 0.15) is 36.6 Å². The van der Waals surface area contributed by atoms with Gasteiger partial charge in [-0.25, -0.2) is 0 Å². The minimum atomic E-state index is 0.601. The zero-order chi connectivity index (χ0) is 8.39. The van der Waals surface area contributed by atoms with Crippen molar-refractivity contribution in [3.8, 4) is 0 Å². The Bertz CT molecular complexity index is 246. The molecule has 1 atom stereocenters. The molecule has 1 aromatic heterocycles. The number of rotatable bonds is 1. The third-order valence-electron chi connectivity index (χ3n) is 2.56. The topological polar surface area (TPSA) is 27.8 Å². The molecule has 0 bridgehead atoms. The first kappa shape index (κ1) is 7.87. The Balaban J connectivity index is 2.08. The quantitative estimate of drug-likeness (QED) is 0.654. The Morgan fingerprint density at radius 2 is 2.33 bits per heavy atom. The fourth-order valence-corrected chi connectivity index (χ4v) is 1.87. The van der Waals surface area contributed by atoms with Gasteiger partial charge in [-0.2, -0.15) is 0 Å². The molecule has 0 aromatic carbocycles. The van der Waals surface area contributed by atoms with Gasteiger partial charge in [-0.3, -0.25) is 0 Å². The van der Waals surface area contributed by atoms with E-state index in [0.29, 0.717) is 6.04 Å². The highest BCUT2D eigenvalue weighted by atomic mass is 14.9. The van der Waals surface area contributed by atoms with Gasteiger partial charge in [-0.05, 0) is 37.9 Å². The Hall–Kier alpha value is -0.760. The van der Waals surface area contributed by atoms with Gasteiger partial charge in [-0.1, -0.05) is 6.42 Å². The van der Waals surface area contributed by atoms with Crippen LogP contribution in [0.5, 0.6) is 0 Å². The summed E-state index contributed by atoms with van der Waals surface area (Å²) in [4.78, 5) is 3.23. The molecule has 1 aromatic rings. The van der Waals surface area contributed by atoms with E-state index in [9.17, 15) is 0 Å². The van der Waals surface area contributed by atoms with Gasteiger partial charge in [0.2, 0.25) is 0 Å². The highest BCUT2D eigenvalue weighted by Crippen LogP contribution is 2.22. The third-order valence-corrected chi connectivity index (χ3v) is 2.56. The SMILES string of the molecule is Cc1cc([C@H]2CCCCN2)c[nH]1. The molecule has 0 saturated carbocycles. The maximum absolute atomic E-state index is 3.53. The molecule has 12 heavy (non-hydrogen) atoms. The first-order valence-electron chi connectivity index (χ1n) is 4.74. The maximum atomic E-state index is 3.53. The number of nitrogens with one attached hydrogen (secondary N) is 2. The van der Waals surface area contributed by atoms with E-state index < -0.39 is 0 Å². The van der Waals surface area contributed by atoms with Gasteiger partial charge in [0.05, 0.1) is 0 Å². The van der Waals surface area contributed by atoms with Crippen LogP contribution in [-0.2, 0) is 0 Å². The highest BCUT2D eigenvalue weighted by molar-refractivity contribution is 5.19. The van der Waals surface area contributed by atoms with Crippen LogP contribution >= 0.6 is 0 Å². The van der Waals surface area contributed by atoms with Crippen molar-refractivity contribution in [3.63, 3.8) is 0 Å². The number of aromatic amines is 1. The largest absolute Gasteiger partial charge is 0.365 e. The molecule has 2 heteroatoms. The number of hydrogen-bond donors (Lipinski definition) is 2. The molecule has 2 N–H and O–H groups in total. The van der Waals surface area contributed by atoms with Gasteiger partial charge in [0, 0.05) is 17.9 Å². The molecule has 66 valence electrons. The average molecular weight is 164 g/mol. The summed E-state index contributed by atoms with van der Waals surface area (Å²) in [5, 5.41) is 3.53. The standard InChI is InChI=1S/C10H16N2/c1-8-6-9(7-12-8)10-4-2-3-5-11-10/h6-7,10-12H,2-5H2,1H3/t10-/m1/s1. The number of aromatic nitrogens is 1. The number of hydrogen-bond acceptors (Lipinski definition) is 1. The molecule has 0 unspecified atom stereocenters. The van der Waals surface area contributed by atoms with Crippen molar-refractivity contribution >= 4 is 0 Å². The summed E-state index contributed by atoms with van der Waals surface area (Å²) in [5.74, 6) is 0. The number of H-pyrrole nitrogens is 1. The molecular weight excluding hydrogens is 148 g/mol. The van der Waals surface area contributed by atoms with Gasteiger partial charge >= 0.3 is 0 Å². The van der Waals surface area contributed by atoms with Crippen molar-refractivity contribution in [1.29, 1.82) is 0 Å². The zero-order valence-electron chi connectivity index (χ0n) is 7.56. The number of aryl methyl sites for hydroxylation is 1. The maximum Gasteiger partial charge on any atom is 0.0335 e. The van der Waals surface area contributed by atoms with Crippen molar-refractivity contribution in [2.24, 2.45) is 0 Å². The van der Waals surface area contributed by atoms with Gasteiger partial charge < -0.3 is 10.3 Å². The van der Waals surface area contributed by atoms with Crippen LogP contribution in [-0.4, -0.2) is 11.5 Å². The summed E-state index contributed by atoms with van der Waals surface area (Å²) < 4.78 is 0. The monoisotopic (exact) mass is 164 g/mol. The molecular formula is C10H16N2. The van der Waals surface area contributed by atoms with Crippen LogP contribution < -0.4 is 5.32 Å². The second-order valence-electron chi connectivity index (χ2n) is 3.62. The van der Waals surface area contributed by atoms with E-state index in [2.05, 4.69) is 29.5 Å². The Labute approximate surface area is 73.4 Å². The van der Waals surface area contributed by atoms with Gasteiger partial charge in [0.15, 0.2) is 0 Å². The highest BCUT2D eigenvalue weighted by Gasteiger charge is 2.14. The van der Waals surface area contributed by atoms with Gasteiger partial charge in [-0.15, -0.1) is 0 Å².